The van der Waals surface area contributed by atoms with E-state index in [9.17, 15) is 4.79 Å². The first-order valence-corrected chi connectivity index (χ1v) is 6.80. The van der Waals surface area contributed by atoms with E-state index in [1.165, 1.54) is 38.5 Å². The van der Waals surface area contributed by atoms with Crippen LogP contribution in [0.3, 0.4) is 0 Å². The van der Waals surface area contributed by atoms with Crippen molar-refractivity contribution in [1.29, 1.82) is 0 Å². The van der Waals surface area contributed by atoms with E-state index in [1.807, 2.05) is 0 Å². The lowest BCUT2D eigenvalue weighted by Crippen LogP contribution is -2.63. The van der Waals surface area contributed by atoms with Crippen LogP contribution < -0.4 is 0 Å². The third-order valence-electron chi connectivity index (χ3n) is 5.98. The number of esters is 1. The van der Waals surface area contributed by atoms with Crippen LogP contribution in [-0.2, 0) is 9.53 Å². The summed E-state index contributed by atoms with van der Waals surface area (Å²) in [5, 5.41) is 0. The SMILES string of the molecule is C[C@@]1(C23CC4CC(CC(C4)C2)C3)CC(=O)O1. The van der Waals surface area contributed by atoms with Gasteiger partial charge in [0.25, 0.3) is 0 Å². The maximum Gasteiger partial charge on any atom is 0.310 e. The number of hydrogen-bond acceptors (Lipinski definition) is 2. The number of hydrogen-bond donors (Lipinski definition) is 0. The molecule has 1 heterocycles. The molecule has 1 atom stereocenters. The summed E-state index contributed by atoms with van der Waals surface area (Å²) in [6, 6.07) is 0. The lowest BCUT2D eigenvalue weighted by molar-refractivity contribution is -0.242. The highest BCUT2D eigenvalue weighted by Gasteiger charge is 2.64. The monoisotopic (exact) mass is 220 g/mol. The molecule has 1 saturated heterocycles. The summed E-state index contributed by atoms with van der Waals surface area (Å²) in [5.74, 6) is 2.87. The van der Waals surface area contributed by atoms with E-state index in [-0.39, 0.29) is 11.6 Å². The third kappa shape index (κ3) is 1.01. The van der Waals surface area contributed by atoms with Crippen molar-refractivity contribution < 1.29 is 9.53 Å². The highest BCUT2D eigenvalue weighted by atomic mass is 16.6. The van der Waals surface area contributed by atoms with Crippen molar-refractivity contribution in [3.63, 3.8) is 0 Å². The molecule has 2 heteroatoms. The van der Waals surface area contributed by atoms with Gasteiger partial charge in [0.1, 0.15) is 5.60 Å². The molecule has 0 radical (unpaired) electrons. The zero-order chi connectivity index (χ0) is 11.0. The molecule has 4 aliphatic carbocycles. The Balaban J connectivity index is 1.69. The van der Waals surface area contributed by atoms with Crippen LogP contribution in [0, 0.1) is 23.2 Å². The topological polar surface area (TPSA) is 26.3 Å². The van der Waals surface area contributed by atoms with Crippen LogP contribution >= 0.6 is 0 Å². The molecule has 5 fully saturated rings. The van der Waals surface area contributed by atoms with Crippen LogP contribution in [0.2, 0.25) is 0 Å². The van der Waals surface area contributed by atoms with E-state index in [1.54, 1.807) is 0 Å². The average molecular weight is 220 g/mol. The van der Waals surface area contributed by atoms with Gasteiger partial charge in [0.2, 0.25) is 0 Å². The van der Waals surface area contributed by atoms with E-state index >= 15 is 0 Å². The normalized spacial score (nSPS) is 58.3. The summed E-state index contributed by atoms with van der Waals surface area (Å²) in [4.78, 5) is 11.2. The Kier molecular flexibility index (Phi) is 1.57. The van der Waals surface area contributed by atoms with Crippen molar-refractivity contribution in [2.75, 3.05) is 0 Å². The second-order valence-corrected chi connectivity index (χ2v) is 7.08. The summed E-state index contributed by atoms with van der Waals surface area (Å²) in [6.07, 6.45) is 9.07. The van der Waals surface area contributed by atoms with Crippen molar-refractivity contribution in [3.8, 4) is 0 Å². The van der Waals surface area contributed by atoms with Gasteiger partial charge in [-0.1, -0.05) is 0 Å². The second kappa shape index (κ2) is 2.65. The van der Waals surface area contributed by atoms with Gasteiger partial charge in [-0.3, -0.25) is 4.79 Å². The van der Waals surface area contributed by atoms with Crippen LogP contribution in [0.5, 0.6) is 0 Å². The molecule has 4 bridgehead atoms. The zero-order valence-electron chi connectivity index (χ0n) is 10.00. The molecule has 0 aromatic carbocycles. The molecular formula is C14H20O2. The Hall–Kier alpha value is -0.530. The van der Waals surface area contributed by atoms with Crippen LogP contribution in [0.15, 0.2) is 0 Å². The smallest absolute Gasteiger partial charge is 0.310 e. The lowest BCUT2D eigenvalue weighted by atomic mass is 9.44. The highest BCUT2D eigenvalue weighted by Crippen LogP contribution is 2.66. The molecule has 0 aromatic heterocycles. The molecular weight excluding hydrogens is 200 g/mol. The van der Waals surface area contributed by atoms with Crippen LogP contribution in [0.1, 0.15) is 51.9 Å². The molecule has 4 saturated carbocycles. The Morgan fingerprint density at radius 2 is 1.50 bits per heavy atom. The van der Waals surface area contributed by atoms with Gasteiger partial charge in [-0.2, -0.15) is 0 Å². The third-order valence-corrected chi connectivity index (χ3v) is 5.98. The van der Waals surface area contributed by atoms with Crippen molar-refractivity contribution in [1.82, 2.24) is 0 Å². The summed E-state index contributed by atoms with van der Waals surface area (Å²) < 4.78 is 5.57. The van der Waals surface area contributed by atoms with Crippen molar-refractivity contribution in [2.45, 2.75) is 57.5 Å². The first-order valence-electron chi connectivity index (χ1n) is 6.80. The quantitative estimate of drug-likeness (QED) is 0.635. The second-order valence-electron chi connectivity index (χ2n) is 7.08. The summed E-state index contributed by atoms with van der Waals surface area (Å²) >= 11 is 0. The van der Waals surface area contributed by atoms with Crippen LogP contribution in [0.4, 0.5) is 0 Å². The molecule has 88 valence electrons. The maximum atomic E-state index is 11.2. The van der Waals surface area contributed by atoms with Gasteiger partial charge in [-0.05, 0) is 63.2 Å². The molecule has 0 N–H and O–H groups in total. The number of cyclic esters (lactones) is 1. The van der Waals surface area contributed by atoms with Gasteiger partial charge in [0.05, 0.1) is 6.42 Å². The average Bonchev–Trinajstić information content (AvgIpc) is 2.12. The molecule has 16 heavy (non-hydrogen) atoms. The minimum absolute atomic E-state index is 0.0262. The first kappa shape index (κ1) is 9.49. The molecule has 0 amide bonds. The lowest BCUT2D eigenvalue weighted by Gasteiger charge is -2.64. The van der Waals surface area contributed by atoms with Crippen LogP contribution in [0.25, 0.3) is 0 Å². The molecule has 0 aromatic rings. The van der Waals surface area contributed by atoms with Gasteiger partial charge in [0, 0.05) is 5.41 Å². The fourth-order valence-electron chi connectivity index (χ4n) is 5.57. The number of ether oxygens (including phenoxy) is 1. The summed E-state index contributed by atoms with van der Waals surface area (Å²) in [6.45, 7) is 2.20. The van der Waals surface area contributed by atoms with Crippen molar-refractivity contribution >= 4 is 5.97 Å². The minimum Gasteiger partial charge on any atom is -0.458 e. The van der Waals surface area contributed by atoms with Gasteiger partial charge in [-0.25, -0.2) is 0 Å². The zero-order valence-corrected chi connectivity index (χ0v) is 10.00. The van der Waals surface area contributed by atoms with Gasteiger partial charge >= 0.3 is 5.97 Å². The summed E-state index contributed by atoms with van der Waals surface area (Å²) in [5.41, 5.74) is 0.274. The molecule has 5 aliphatic rings. The fourth-order valence-corrected chi connectivity index (χ4v) is 5.57. The number of carbonyl (C=O) groups excluding carboxylic acids is 1. The first-order chi connectivity index (χ1) is 7.59. The van der Waals surface area contributed by atoms with E-state index in [2.05, 4.69) is 6.92 Å². The van der Waals surface area contributed by atoms with Crippen LogP contribution in [-0.4, -0.2) is 11.6 Å². The van der Waals surface area contributed by atoms with E-state index < -0.39 is 0 Å². The van der Waals surface area contributed by atoms with E-state index in [4.69, 9.17) is 4.74 Å². The van der Waals surface area contributed by atoms with E-state index in [0.29, 0.717) is 11.8 Å². The Labute approximate surface area is 96.7 Å². The highest BCUT2D eigenvalue weighted by molar-refractivity contribution is 5.77. The van der Waals surface area contributed by atoms with Crippen molar-refractivity contribution in [2.24, 2.45) is 23.2 Å². The standard InChI is InChI=1S/C14H20O2/c1-13(8-12(15)16-13)14-5-9-2-10(6-14)4-11(3-9)7-14/h9-11H,2-8H2,1H3/t9?,10?,11?,13-,14?/m0/s1. The molecule has 1 aliphatic heterocycles. The summed E-state index contributed by atoms with van der Waals surface area (Å²) in [7, 11) is 0. The largest absolute Gasteiger partial charge is 0.458 e. The van der Waals surface area contributed by atoms with Gasteiger partial charge < -0.3 is 4.74 Å². The predicted molar refractivity (Wildman–Crippen MR) is 59.7 cm³/mol. The van der Waals surface area contributed by atoms with Gasteiger partial charge in [-0.15, -0.1) is 0 Å². The number of carbonyl (C=O) groups is 1. The maximum absolute atomic E-state index is 11.2. The molecule has 0 spiro atoms. The molecule has 2 nitrogen and oxygen atoms in total. The minimum atomic E-state index is -0.0971. The molecule has 5 rings (SSSR count). The fraction of sp³-hybridized carbons (Fsp3) is 0.929. The predicted octanol–water partition coefficient (Wildman–Crippen LogP) is 2.91. The molecule has 0 unspecified atom stereocenters. The Morgan fingerprint density at radius 1 is 1.06 bits per heavy atom. The number of rotatable bonds is 1. The van der Waals surface area contributed by atoms with Crippen molar-refractivity contribution in [3.05, 3.63) is 0 Å². The van der Waals surface area contributed by atoms with Gasteiger partial charge in [0.15, 0.2) is 0 Å². The van der Waals surface area contributed by atoms with E-state index in [0.717, 1.165) is 17.8 Å². The Bertz CT molecular complexity index is 314. The Morgan fingerprint density at radius 3 is 1.88 bits per heavy atom.